The molecule has 4 nitrogen and oxygen atoms in total. The summed E-state index contributed by atoms with van der Waals surface area (Å²) in [5, 5.41) is 21.1. The molecule has 1 rings (SSSR count). The van der Waals surface area contributed by atoms with E-state index in [0.29, 0.717) is 17.8 Å². The molecule has 0 aromatic carbocycles. The van der Waals surface area contributed by atoms with Crippen LogP contribution in [-0.4, -0.2) is 40.4 Å². The van der Waals surface area contributed by atoms with Gasteiger partial charge >= 0.3 is 0 Å². The van der Waals surface area contributed by atoms with Crippen LogP contribution in [0, 0.1) is 29.6 Å². The Morgan fingerprint density at radius 1 is 0.971 bits per heavy atom. The fraction of sp³-hybridized carbons (Fsp3) is 0.903. The third-order valence-electron chi connectivity index (χ3n) is 8.72. The first-order valence-corrected chi connectivity index (χ1v) is 14.6. The first kappa shape index (κ1) is 32.3. The van der Waals surface area contributed by atoms with Crippen LogP contribution in [0.3, 0.4) is 0 Å². The Labute approximate surface area is 217 Å². The van der Waals surface area contributed by atoms with Crippen molar-refractivity contribution in [2.45, 2.75) is 144 Å². The molecule has 1 aliphatic carbocycles. The molecule has 206 valence electrons. The SMILES string of the molecule is CCOC1C(CCC(C)CCCC(C)CCCC(C)(O)CCCC(C)C(C)=O)=CC(O)C(C)C1C. The lowest BCUT2D eigenvalue weighted by atomic mass is 9.76. The van der Waals surface area contributed by atoms with Crippen molar-refractivity contribution in [2.75, 3.05) is 6.61 Å². The van der Waals surface area contributed by atoms with E-state index in [0.717, 1.165) is 51.6 Å². The average Bonchev–Trinajstić information content (AvgIpc) is 2.78. The molecule has 8 unspecified atom stereocenters. The summed E-state index contributed by atoms with van der Waals surface area (Å²) in [6.45, 7) is 17.4. The molecule has 0 saturated carbocycles. The smallest absolute Gasteiger partial charge is 0.132 e. The fourth-order valence-electron chi connectivity index (χ4n) is 5.52. The van der Waals surface area contributed by atoms with Crippen molar-refractivity contribution in [3.63, 3.8) is 0 Å². The van der Waals surface area contributed by atoms with E-state index in [9.17, 15) is 15.0 Å². The highest BCUT2D eigenvalue weighted by Crippen LogP contribution is 2.35. The van der Waals surface area contributed by atoms with E-state index in [1.165, 1.54) is 31.3 Å². The van der Waals surface area contributed by atoms with Crippen molar-refractivity contribution in [2.24, 2.45) is 29.6 Å². The molecule has 8 atom stereocenters. The number of hydrogen-bond acceptors (Lipinski definition) is 4. The Hall–Kier alpha value is -0.710. The molecule has 0 bridgehead atoms. The van der Waals surface area contributed by atoms with Crippen LogP contribution in [0.4, 0.5) is 0 Å². The number of aliphatic hydroxyl groups excluding tert-OH is 1. The second-order valence-electron chi connectivity index (χ2n) is 12.3. The van der Waals surface area contributed by atoms with Gasteiger partial charge in [0.1, 0.15) is 5.78 Å². The maximum absolute atomic E-state index is 11.4. The zero-order valence-electron chi connectivity index (χ0n) is 24.3. The Morgan fingerprint density at radius 3 is 2.09 bits per heavy atom. The van der Waals surface area contributed by atoms with Gasteiger partial charge in [-0.3, -0.25) is 4.79 Å². The van der Waals surface area contributed by atoms with Crippen LogP contribution in [-0.2, 0) is 9.53 Å². The largest absolute Gasteiger partial charge is 0.390 e. The summed E-state index contributed by atoms with van der Waals surface area (Å²) in [6, 6.07) is 0. The Balaban J connectivity index is 2.26. The van der Waals surface area contributed by atoms with E-state index in [2.05, 4.69) is 40.7 Å². The van der Waals surface area contributed by atoms with Gasteiger partial charge in [-0.2, -0.15) is 0 Å². The molecule has 0 aromatic rings. The molecular weight excluding hydrogens is 436 g/mol. The van der Waals surface area contributed by atoms with Crippen molar-refractivity contribution < 1.29 is 19.7 Å². The maximum atomic E-state index is 11.4. The van der Waals surface area contributed by atoms with Crippen LogP contribution >= 0.6 is 0 Å². The summed E-state index contributed by atoms with van der Waals surface area (Å²) in [5.74, 6) is 2.32. The van der Waals surface area contributed by atoms with E-state index >= 15 is 0 Å². The second kappa shape index (κ2) is 16.2. The number of aliphatic hydroxyl groups is 2. The summed E-state index contributed by atoms with van der Waals surface area (Å²) in [7, 11) is 0. The number of ether oxygens (including phenoxy) is 1. The summed E-state index contributed by atoms with van der Waals surface area (Å²) in [6.07, 6.45) is 13.5. The average molecular weight is 495 g/mol. The molecule has 35 heavy (non-hydrogen) atoms. The van der Waals surface area contributed by atoms with Crippen molar-refractivity contribution in [1.29, 1.82) is 0 Å². The second-order valence-corrected chi connectivity index (χ2v) is 12.3. The van der Waals surface area contributed by atoms with E-state index < -0.39 is 5.60 Å². The highest BCUT2D eigenvalue weighted by atomic mass is 16.5. The van der Waals surface area contributed by atoms with Crippen LogP contribution in [0.15, 0.2) is 11.6 Å². The van der Waals surface area contributed by atoms with Crippen molar-refractivity contribution >= 4 is 5.78 Å². The van der Waals surface area contributed by atoms with Crippen molar-refractivity contribution in [3.8, 4) is 0 Å². The quantitative estimate of drug-likeness (QED) is 0.194. The molecule has 0 saturated heterocycles. The lowest BCUT2D eigenvalue weighted by molar-refractivity contribution is -0.120. The van der Waals surface area contributed by atoms with E-state index in [-0.39, 0.29) is 29.8 Å². The number of carbonyl (C=O) groups is 1. The molecule has 1 aliphatic rings. The van der Waals surface area contributed by atoms with Gasteiger partial charge in [-0.25, -0.2) is 0 Å². The molecule has 0 heterocycles. The molecule has 2 N–H and O–H groups in total. The first-order valence-electron chi connectivity index (χ1n) is 14.6. The summed E-state index contributed by atoms with van der Waals surface area (Å²) >= 11 is 0. The lowest BCUT2D eigenvalue weighted by Gasteiger charge is -2.37. The third-order valence-corrected chi connectivity index (χ3v) is 8.72. The summed E-state index contributed by atoms with van der Waals surface area (Å²) < 4.78 is 6.06. The Bertz CT molecular complexity index is 625. The highest BCUT2D eigenvalue weighted by Gasteiger charge is 2.34. The van der Waals surface area contributed by atoms with Crippen molar-refractivity contribution in [1.82, 2.24) is 0 Å². The monoisotopic (exact) mass is 494 g/mol. The minimum Gasteiger partial charge on any atom is -0.390 e. The molecule has 0 spiro atoms. The van der Waals surface area contributed by atoms with Gasteiger partial charge in [-0.1, -0.05) is 72.8 Å². The summed E-state index contributed by atoms with van der Waals surface area (Å²) in [5.41, 5.74) is 0.689. The number of carbonyl (C=O) groups excluding carboxylic acids is 1. The predicted octanol–water partition coefficient (Wildman–Crippen LogP) is 7.50. The normalized spacial score (nSPS) is 27.1. The minimum atomic E-state index is -0.610. The number of rotatable bonds is 18. The van der Waals surface area contributed by atoms with Crippen LogP contribution in [0.2, 0.25) is 0 Å². The van der Waals surface area contributed by atoms with E-state index in [1.807, 2.05) is 13.8 Å². The molecule has 0 aromatic heterocycles. The van der Waals surface area contributed by atoms with Gasteiger partial charge in [-0.05, 0) is 88.5 Å². The zero-order chi connectivity index (χ0) is 26.6. The van der Waals surface area contributed by atoms with Crippen LogP contribution in [0.1, 0.15) is 126 Å². The van der Waals surface area contributed by atoms with Gasteiger partial charge in [-0.15, -0.1) is 0 Å². The lowest BCUT2D eigenvalue weighted by Crippen LogP contribution is -2.39. The molecule has 0 aliphatic heterocycles. The van der Waals surface area contributed by atoms with Gasteiger partial charge in [0.15, 0.2) is 0 Å². The molecule has 0 fully saturated rings. The number of Topliss-reactive ketones (excluding diaryl/α,β-unsaturated/α-hetero) is 1. The van der Waals surface area contributed by atoms with Gasteiger partial charge in [0.05, 0.1) is 17.8 Å². The molecule has 0 amide bonds. The van der Waals surface area contributed by atoms with Gasteiger partial charge in [0.2, 0.25) is 0 Å². The fourth-order valence-corrected chi connectivity index (χ4v) is 5.52. The number of ketones is 1. The zero-order valence-corrected chi connectivity index (χ0v) is 24.3. The predicted molar refractivity (Wildman–Crippen MR) is 147 cm³/mol. The van der Waals surface area contributed by atoms with E-state index in [4.69, 9.17) is 4.74 Å². The first-order chi connectivity index (χ1) is 16.4. The summed E-state index contributed by atoms with van der Waals surface area (Å²) in [4.78, 5) is 11.4. The Morgan fingerprint density at radius 2 is 1.51 bits per heavy atom. The van der Waals surface area contributed by atoms with Gasteiger partial charge in [0, 0.05) is 12.5 Å². The van der Waals surface area contributed by atoms with E-state index in [1.54, 1.807) is 6.92 Å². The van der Waals surface area contributed by atoms with Gasteiger partial charge < -0.3 is 14.9 Å². The standard InChI is InChI=1S/C31H58O4/c1-9-35-30-26(6)25(5)29(33)21-28(30)18-17-23(3)14-10-13-22(2)15-11-19-31(8,34)20-12-16-24(4)27(7)32/h21-26,29-30,33-34H,9-20H2,1-8H3. The highest BCUT2D eigenvalue weighted by molar-refractivity contribution is 5.77. The van der Waals surface area contributed by atoms with Crippen molar-refractivity contribution in [3.05, 3.63) is 11.6 Å². The topological polar surface area (TPSA) is 66.8 Å². The minimum absolute atomic E-state index is 0.109. The van der Waals surface area contributed by atoms with Crippen LogP contribution < -0.4 is 0 Å². The van der Waals surface area contributed by atoms with Gasteiger partial charge in [0.25, 0.3) is 0 Å². The molecular formula is C31H58O4. The molecule has 4 heteroatoms. The van der Waals surface area contributed by atoms with Crippen LogP contribution in [0.25, 0.3) is 0 Å². The third kappa shape index (κ3) is 12.4. The molecule has 0 radical (unpaired) electrons. The maximum Gasteiger partial charge on any atom is 0.132 e. The Kier molecular flexibility index (Phi) is 15.0. The van der Waals surface area contributed by atoms with Crippen LogP contribution in [0.5, 0.6) is 0 Å². The number of hydrogen-bond donors (Lipinski definition) is 2.